The maximum atomic E-state index is 12.9. The van der Waals surface area contributed by atoms with Crippen LogP contribution in [0.3, 0.4) is 0 Å². The standard InChI is InChI=1S/C9H9FN2.C2H6/c1-2-7-3-6(5-11)4-8(10)9(7)12;1-2/h3-4H,2,12H2,1H3;1-2H3. The van der Waals surface area contributed by atoms with Crippen molar-refractivity contribution in [2.45, 2.75) is 27.2 Å². The number of rotatable bonds is 1. The van der Waals surface area contributed by atoms with Gasteiger partial charge in [0.25, 0.3) is 0 Å². The molecule has 1 aromatic rings. The van der Waals surface area contributed by atoms with Gasteiger partial charge < -0.3 is 5.73 Å². The van der Waals surface area contributed by atoms with E-state index in [-0.39, 0.29) is 5.69 Å². The molecule has 2 nitrogen and oxygen atoms in total. The van der Waals surface area contributed by atoms with Gasteiger partial charge in [-0.15, -0.1) is 0 Å². The zero-order valence-electron chi connectivity index (χ0n) is 8.76. The highest BCUT2D eigenvalue weighted by atomic mass is 19.1. The van der Waals surface area contributed by atoms with Gasteiger partial charge >= 0.3 is 0 Å². The second-order valence-corrected chi connectivity index (χ2v) is 2.50. The summed E-state index contributed by atoms with van der Waals surface area (Å²) in [4.78, 5) is 0. The van der Waals surface area contributed by atoms with Crippen molar-refractivity contribution < 1.29 is 4.39 Å². The summed E-state index contributed by atoms with van der Waals surface area (Å²) in [5, 5.41) is 8.52. The van der Waals surface area contributed by atoms with Crippen molar-refractivity contribution in [3.05, 3.63) is 29.1 Å². The van der Waals surface area contributed by atoms with Crippen LogP contribution in [0.5, 0.6) is 0 Å². The molecule has 0 spiro atoms. The zero-order valence-corrected chi connectivity index (χ0v) is 8.76. The Kier molecular flexibility index (Phi) is 5.31. The molecule has 0 aliphatic heterocycles. The summed E-state index contributed by atoms with van der Waals surface area (Å²) in [5.41, 5.74) is 6.59. The highest BCUT2D eigenvalue weighted by Crippen LogP contribution is 2.18. The summed E-state index contributed by atoms with van der Waals surface area (Å²) in [5.74, 6) is -0.508. The van der Waals surface area contributed by atoms with Gasteiger partial charge in [0.1, 0.15) is 5.82 Å². The molecular weight excluding hydrogens is 179 g/mol. The zero-order chi connectivity index (χ0) is 11.1. The average Bonchev–Trinajstić information content (AvgIpc) is 2.24. The van der Waals surface area contributed by atoms with Crippen molar-refractivity contribution in [3.63, 3.8) is 0 Å². The largest absolute Gasteiger partial charge is 0.396 e. The molecule has 0 aliphatic carbocycles. The molecule has 0 fully saturated rings. The molecule has 0 atom stereocenters. The van der Waals surface area contributed by atoms with Crippen LogP contribution in [0.4, 0.5) is 10.1 Å². The van der Waals surface area contributed by atoms with Gasteiger partial charge in [0.05, 0.1) is 17.3 Å². The Labute approximate surface area is 84.2 Å². The molecule has 3 heteroatoms. The molecule has 2 N–H and O–H groups in total. The summed E-state index contributed by atoms with van der Waals surface area (Å²) in [6.45, 7) is 5.87. The first-order valence-corrected chi connectivity index (χ1v) is 4.67. The SMILES string of the molecule is CC.CCc1cc(C#N)cc(F)c1N. The van der Waals surface area contributed by atoms with Crippen molar-refractivity contribution in [2.75, 3.05) is 5.73 Å². The first kappa shape index (κ1) is 12.4. The number of nitrogens with zero attached hydrogens (tertiary/aromatic N) is 1. The van der Waals surface area contributed by atoms with Crippen LogP contribution >= 0.6 is 0 Å². The average molecular weight is 194 g/mol. The molecule has 1 rings (SSSR count). The number of halogens is 1. The Hall–Kier alpha value is -1.56. The molecule has 0 saturated heterocycles. The minimum Gasteiger partial charge on any atom is -0.396 e. The third-order valence-corrected chi connectivity index (χ3v) is 1.73. The summed E-state index contributed by atoms with van der Waals surface area (Å²) in [6.07, 6.45) is 0.637. The predicted octanol–water partition coefficient (Wildman–Crippen LogP) is 2.87. The Morgan fingerprint density at radius 2 is 2.00 bits per heavy atom. The van der Waals surface area contributed by atoms with Crippen LogP contribution in [0, 0.1) is 17.1 Å². The van der Waals surface area contributed by atoms with E-state index in [0.717, 1.165) is 6.07 Å². The van der Waals surface area contributed by atoms with Crippen LogP contribution < -0.4 is 5.73 Å². The number of hydrogen-bond acceptors (Lipinski definition) is 2. The Bertz CT molecular complexity index is 340. The molecule has 0 aromatic heterocycles. The van der Waals surface area contributed by atoms with Gasteiger partial charge in [0, 0.05) is 0 Å². The quantitative estimate of drug-likeness (QED) is 0.699. The van der Waals surface area contributed by atoms with E-state index in [2.05, 4.69) is 0 Å². The summed E-state index contributed by atoms with van der Waals surface area (Å²) >= 11 is 0. The molecule has 76 valence electrons. The molecule has 0 amide bonds. The van der Waals surface area contributed by atoms with E-state index in [9.17, 15) is 4.39 Å². The smallest absolute Gasteiger partial charge is 0.147 e. The number of nitrogen functional groups attached to an aromatic ring is 1. The molecule has 0 radical (unpaired) electrons. The number of anilines is 1. The van der Waals surface area contributed by atoms with Gasteiger partial charge in [0.15, 0.2) is 0 Å². The molecule has 0 heterocycles. The van der Waals surface area contributed by atoms with Crippen LogP contribution in [0.25, 0.3) is 0 Å². The number of nitrogens with two attached hydrogens (primary N) is 1. The van der Waals surface area contributed by atoms with Crippen molar-refractivity contribution in [1.82, 2.24) is 0 Å². The molecule has 14 heavy (non-hydrogen) atoms. The maximum Gasteiger partial charge on any atom is 0.147 e. The van der Waals surface area contributed by atoms with Gasteiger partial charge in [-0.3, -0.25) is 0 Å². The van der Waals surface area contributed by atoms with E-state index in [0.29, 0.717) is 17.5 Å². The molecular formula is C11H15FN2. The minimum absolute atomic E-state index is 0.150. The molecule has 0 aliphatic rings. The monoisotopic (exact) mass is 194 g/mol. The highest BCUT2D eigenvalue weighted by molar-refractivity contribution is 5.52. The van der Waals surface area contributed by atoms with Gasteiger partial charge in [-0.25, -0.2) is 4.39 Å². The first-order chi connectivity index (χ1) is 6.69. The Morgan fingerprint density at radius 3 is 2.43 bits per heavy atom. The van der Waals surface area contributed by atoms with Crippen LogP contribution in [0.15, 0.2) is 12.1 Å². The lowest BCUT2D eigenvalue weighted by molar-refractivity contribution is 0.630. The predicted molar refractivity (Wildman–Crippen MR) is 56.3 cm³/mol. The third-order valence-electron chi connectivity index (χ3n) is 1.73. The third kappa shape index (κ3) is 2.74. The van der Waals surface area contributed by atoms with Crippen LogP contribution in [0.1, 0.15) is 31.9 Å². The molecule has 1 aromatic carbocycles. The van der Waals surface area contributed by atoms with Crippen LogP contribution in [0.2, 0.25) is 0 Å². The fourth-order valence-electron chi connectivity index (χ4n) is 1.03. The van der Waals surface area contributed by atoms with E-state index >= 15 is 0 Å². The van der Waals surface area contributed by atoms with Gasteiger partial charge in [-0.1, -0.05) is 20.8 Å². The number of hydrogen-bond donors (Lipinski definition) is 1. The van der Waals surface area contributed by atoms with E-state index in [1.54, 1.807) is 6.07 Å². The van der Waals surface area contributed by atoms with Crippen molar-refractivity contribution in [1.29, 1.82) is 5.26 Å². The van der Waals surface area contributed by atoms with E-state index in [4.69, 9.17) is 11.0 Å². The second-order valence-electron chi connectivity index (χ2n) is 2.50. The number of benzene rings is 1. The Morgan fingerprint density at radius 1 is 1.43 bits per heavy atom. The highest BCUT2D eigenvalue weighted by Gasteiger charge is 2.05. The van der Waals surface area contributed by atoms with E-state index < -0.39 is 5.82 Å². The van der Waals surface area contributed by atoms with Crippen molar-refractivity contribution in [3.8, 4) is 6.07 Å². The second kappa shape index (κ2) is 5.98. The van der Waals surface area contributed by atoms with Gasteiger partial charge in [-0.2, -0.15) is 5.26 Å². The lowest BCUT2D eigenvalue weighted by Gasteiger charge is -2.03. The maximum absolute atomic E-state index is 12.9. The summed E-state index contributed by atoms with van der Waals surface area (Å²) in [7, 11) is 0. The normalized spacial score (nSPS) is 8.50. The minimum atomic E-state index is -0.508. The topological polar surface area (TPSA) is 49.8 Å². The van der Waals surface area contributed by atoms with Crippen LogP contribution in [-0.2, 0) is 6.42 Å². The summed E-state index contributed by atoms with van der Waals surface area (Å²) in [6, 6.07) is 4.63. The lowest BCUT2D eigenvalue weighted by Crippen LogP contribution is -1.97. The van der Waals surface area contributed by atoms with Crippen LogP contribution in [-0.4, -0.2) is 0 Å². The molecule has 0 saturated carbocycles. The number of aryl methyl sites for hydroxylation is 1. The number of nitriles is 1. The molecule has 0 bridgehead atoms. The van der Waals surface area contributed by atoms with Crippen molar-refractivity contribution >= 4 is 5.69 Å². The van der Waals surface area contributed by atoms with E-state index in [1.165, 1.54) is 0 Å². The van der Waals surface area contributed by atoms with E-state index in [1.807, 2.05) is 26.8 Å². The fourth-order valence-corrected chi connectivity index (χ4v) is 1.03. The van der Waals surface area contributed by atoms with Crippen molar-refractivity contribution in [2.24, 2.45) is 0 Å². The van der Waals surface area contributed by atoms with Gasteiger partial charge in [-0.05, 0) is 24.1 Å². The lowest BCUT2D eigenvalue weighted by atomic mass is 10.1. The fraction of sp³-hybridized carbons (Fsp3) is 0.364. The molecule has 0 unspecified atom stereocenters. The Balaban J connectivity index is 0.000000791. The van der Waals surface area contributed by atoms with Gasteiger partial charge in [0.2, 0.25) is 0 Å². The summed E-state index contributed by atoms with van der Waals surface area (Å²) < 4.78 is 12.9. The first-order valence-electron chi connectivity index (χ1n) is 4.67.